The minimum atomic E-state index is 0.127. The molecule has 4 nitrogen and oxygen atoms in total. The summed E-state index contributed by atoms with van der Waals surface area (Å²) < 4.78 is 0. The second-order valence-electron chi connectivity index (χ2n) is 5.08. The third-order valence-electron chi connectivity index (χ3n) is 3.43. The third kappa shape index (κ3) is 7.88. The van der Waals surface area contributed by atoms with Crippen molar-refractivity contribution in [3.05, 3.63) is 45.8 Å². The van der Waals surface area contributed by atoms with Gasteiger partial charge in [-0.15, -0.1) is 0 Å². The Bertz CT molecular complexity index is 467. The average molecular weight is 352 g/mol. The van der Waals surface area contributed by atoms with Gasteiger partial charge in [-0.05, 0) is 30.4 Å². The molecular weight excluding hydrogens is 330 g/mol. The topological polar surface area (TPSA) is 65.8 Å². The minimum Gasteiger partial charge on any atom is -0.293 e. The number of halogens is 1. The predicted octanol–water partition coefficient (Wildman–Crippen LogP) is 5.46. The fraction of sp³-hybridized carbons (Fsp3) is 0.562. The second kappa shape index (κ2) is 11.4. The van der Waals surface area contributed by atoms with Gasteiger partial charge < -0.3 is 0 Å². The number of hydrogen-bond acceptors (Lipinski definition) is 2. The standard InChI is InChI=1S/C16H22BrN3O/c17-13-16(21)15-10-8-14(9-11-15)7-5-3-1-2-4-6-12-19-20-18/h8-11H,1-7,12-13H2. The first-order chi connectivity index (χ1) is 10.3. The van der Waals surface area contributed by atoms with Gasteiger partial charge in [-0.1, -0.05) is 71.0 Å². The lowest BCUT2D eigenvalue weighted by Crippen LogP contribution is -1.99. The normalized spacial score (nSPS) is 10.1. The maximum Gasteiger partial charge on any atom is 0.173 e. The van der Waals surface area contributed by atoms with E-state index in [9.17, 15) is 4.79 Å². The van der Waals surface area contributed by atoms with Gasteiger partial charge in [-0.25, -0.2) is 0 Å². The average Bonchev–Trinajstić information content (AvgIpc) is 2.53. The van der Waals surface area contributed by atoms with Crippen LogP contribution in [0.15, 0.2) is 29.4 Å². The fourth-order valence-corrected chi connectivity index (χ4v) is 2.52. The summed E-state index contributed by atoms with van der Waals surface area (Å²) in [7, 11) is 0. The van der Waals surface area contributed by atoms with E-state index in [1.165, 1.54) is 31.2 Å². The first kappa shape index (κ1) is 17.7. The molecular formula is C16H22BrN3O. The first-order valence-electron chi connectivity index (χ1n) is 7.47. The van der Waals surface area contributed by atoms with Gasteiger partial charge in [0, 0.05) is 17.0 Å². The first-order valence-corrected chi connectivity index (χ1v) is 8.59. The molecule has 0 aromatic heterocycles. The summed E-state index contributed by atoms with van der Waals surface area (Å²) in [6.45, 7) is 0.621. The van der Waals surface area contributed by atoms with Crippen LogP contribution in [0, 0.1) is 0 Å². The molecule has 0 atom stereocenters. The number of aryl methyl sites for hydroxylation is 1. The Morgan fingerprint density at radius 2 is 1.67 bits per heavy atom. The van der Waals surface area contributed by atoms with E-state index in [2.05, 4.69) is 38.1 Å². The Morgan fingerprint density at radius 3 is 2.29 bits per heavy atom. The van der Waals surface area contributed by atoms with Gasteiger partial charge in [0.05, 0.1) is 5.33 Å². The van der Waals surface area contributed by atoms with Gasteiger partial charge in [0.1, 0.15) is 0 Å². The zero-order chi connectivity index (χ0) is 15.3. The summed E-state index contributed by atoms with van der Waals surface area (Å²) >= 11 is 3.18. The van der Waals surface area contributed by atoms with Gasteiger partial charge in [-0.3, -0.25) is 4.79 Å². The maximum absolute atomic E-state index is 11.5. The molecule has 0 bridgehead atoms. The Kier molecular flexibility index (Phi) is 9.58. The van der Waals surface area contributed by atoms with Crippen LogP contribution in [0.25, 0.3) is 10.4 Å². The smallest absolute Gasteiger partial charge is 0.173 e. The number of carbonyl (C=O) groups is 1. The van der Waals surface area contributed by atoms with E-state index in [1.54, 1.807) is 0 Å². The van der Waals surface area contributed by atoms with E-state index >= 15 is 0 Å². The van der Waals surface area contributed by atoms with Crippen LogP contribution < -0.4 is 0 Å². The highest BCUT2D eigenvalue weighted by Crippen LogP contribution is 2.12. The Morgan fingerprint density at radius 1 is 1.05 bits per heavy atom. The van der Waals surface area contributed by atoms with E-state index in [0.29, 0.717) is 11.9 Å². The van der Waals surface area contributed by atoms with Gasteiger partial charge in [0.25, 0.3) is 0 Å². The van der Waals surface area contributed by atoms with Crippen LogP contribution in [0.3, 0.4) is 0 Å². The highest BCUT2D eigenvalue weighted by atomic mass is 79.9. The van der Waals surface area contributed by atoms with Crippen molar-refractivity contribution in [3.8, 4) is 0 Å². The zero-order valence-corrected chi connectivity index (χ0v) is 13.9. The molecule has 1 rings (SSSR count). The summed E-state index contributed by atoms with van der Waals surface area (Å²) in [5, 5.41) is 3.91. The van der Waals surface area contributed by atoms with Crippen LogP contribution in [0.4, 0.5) is 0 Å². The van der Waals surface area contributed by atoms with Crippen molar-refractivity contribution in [1.82, 2.24) is 0 Å². The molecule has 0 aliphatic heterocycles. The Balaban J connectivity index is 2.10. The Hall–Kier alpha value is -1.32. The molecule has 0 saturated heterocycles. The monoisotopic (exact) mass is 351 g/mol. The molecule has 1 aromatic carbocycles. The lowest BCUT2D eigenvalue weighted by Gasteiger charge is -2.03. The number of nitrogens with zero attached hydrogens (tertiary/aromatic N) is 3. The molecule has 0 amide bonds. The number of hydrogen-bond donors (Lipinski definition) is 0. The number of ketones is 1. The van der Waals surface area contributed by atoms with E-state index in [0.717, 1.165) is 24.8 Å². The molecule has 0 spiro atoms. The van der Waals surface area contributed by atoms with Crippen molar-refractivity contribution in [2.75, 3.05) is 11.9 Å². The zero-order valence-electron chi connectivity index (χ0n) is 12.3. The molecule has 0 heterocycles. The summed E-state index contributed by atoms with van der Waals surface area (Å²) in [5.41, 5.74) is 10.2. The fourth-order valence-electron chi connectivity index (χ4n) is 2.20. The Labute approximate surface area is 134 Å². The number of rotatable bonds is 11. The summed E-state index contributed by atoms with van der Waals surface area (Å²) in [6.07, 6.45) is 8.05. The number of carbonyl (C=O) groups excluding carboxylic acids is 1. The van der Waals surface area contributed by atoms with Gasteiger partial charge >= 0.3 is 0 Å². The molecule has 114 valence electrons. The van der Waals surface area contributed by atoms with Gasteiger partial charge in [-0.2, -0.15) is 0 Å². The summed E-state index contributed by atoms with van der Waals surface area (Å²) in [5.74, 6) is 0.127. The van der Waals surface area contributed by atoms with Gasteiger partial charge in [0.2, 0.25) is 0 Å². The largest absolute Gasteiger partial charge is 0.293 e. The molecule has 0 aliphatic carbocycles. The van der Waals surface area contributed by atoms with E-state index < -0.39 is 0 Å². The second-order valence-corrected chi connectivity index (χ2v) is 5.64. The number of Topliss-reactive ketones (excluding diaryl/α,β-unsaturated/α-hetero) is 1. The molecule has 21 heavy (non-hydrogen) atoms. The number of alkyl halides is 1. The van der Waals surface area contributed by atoms with Crippen LogP contribution in [-0.2, 0) is 6.42 Å². The number of azide groups is 1. The molecule has 0 saturated carbocycles. The third-order valence-corrected chi connectivity index (χ3v) is 3.94. The van der Waals surface area contributed by atoms with Crippen molar-refractivity contribution < 1.29 is 4.79 Å². The van der Waals surface area contributed by atoms with Crippen LogP contribution in [0.5, 0.6) is 0 Å². The molecule has 0 unspecified atom stereocenters. The molecule has 0 fully saturated rings. The molecule has 0 radical (unpaired) electrons. The SMILES string of the molecule is [N-]=[N+]=NCCCCCCCCc1ccc(C(=O)CBr)cc1. The quantitative estimate of drug-likeness (QED) is 0.130. The summed E-state index contributed by atoms with van der Waals surface area (Å²) in [6, 6.07) is 7.93. The van der Waals surface area contributed by atoms with Crippen molar-refractivity contribution in [1.29, 1.82) is 0 Å². The molecule has 0 N–H and O–H groups in total. The van der Waals surface area contributed by atoms with Crippen LogP contribution in [-0.4, -0.2) is 17.7 Å². The maximum atomic E-state index is 11.5. The van der Waals surface area contributed by atoms with Crippen molar-refractivity contribution >= 4 is 21.7 Å². The van der Waals surface area contributed by atoms with Crippen LogP contribution in [0.1, 0.15) is 54.4 Å². The van der Waals surface area contributed by atoms with Crippen LogP contribution in [0.2, 0.25) is 0 Å². The molecule has 1 aromatic rings. The predicted molar refractivity (Wildman–Crippen MR) is 90.0 cm³/mol. The van der Waals surface area contributed by atoms with Crippen molar-refractivity contribution in [2.24, 2.45) is 5.11 Å². The summed E-state index contributed by atoms with van der Waals surface area (Å²) in [4.78, 5) is 14.2. The van der Waals surface area contributed by atoms with E-state index in [-0.39, 0.29) is 5.78 Å². The van der Waals surface area contributed by atoms with E-state index in [1.807, 2.05) is 12.1 Å². The number of unbranched alkanes of at least 4 members (excludes halogenated alkanes) is 5. The van der Waals surface area contributed by atoms with Gasteiger partial charge in [0.15, 0.2) is 5.78 Å². The highest BCUT2D eigenvalue weighted by Gasteiger charge is 2.03. The van der Waals surface area contributed by atoms with Crippen molar-refractivity contribution in [3.63, 3.8) is 0 Å². The highest BCUT2D eigenvalue weighted by molar-refractivity contribution is 9.09. The lowest BCUT2D eigenvalue weighted by molar-refractivity contribution is 0.102. The molecule has 5 heteroatoms. The van der Waals surface area contributed by atoms with Crippen molar-refractivity contribution in [2.45, 2.75) is 44.9 Å². The lowest BCUT2D eigenvalue weighted by atomic mass is 10.0. The minimum absolute atomic E-state index is 0.127. The number of benzene rings is 1. The van der Waals surface area contributed by atoms with E-state index in [4.69, 9.17) is 5.53 Å². The molecule has 0 aliphatic rings. The van der Waals surface area contributed by atoms with Crippen LogP contribution >= 0.6 is 15.9 Å².